The molecule has 1 aromatic rings. The van der Waals surface area contributed by atoms with Crippen molar-refractivity contribution >= 4 is 0 Å². The standard InChI is InChI=1S/C30H43NO4/c1-6-26(2,3)27(4,33)21-16-28-11-12-30(21,34-5)25-29(28)13-14-31(17-18-7-8-18)22(28)15-19-9-10-20(32)24(35-25)23(19)29/h9-10,18,21-22,25,32-33H,6-8,11-17H2,1-5H3/t21?,22-,25?,27?,28-,29+,30-/m1/s1. The SMILES string of the molecule is CCC(C)(C)C(C)(O)C1C[C@@]23CC[C@]1(OC)C1Oc4c(O)ccc5c4[C@@]12CCN(CC1CC1)[C@@H]3C5. The molecule has 2 aliphatic heterocycles. The molecule has 8 rings (SSSR count). The normalized spacial score (nSPS) is 43.0. The van der Waals surface area contributed by atoms with Crippen LogP contribution in [0.25, 0.3) is 0 Å². The van der Waals surface area contributed by atoms with Gasteiger partial charge in [-0.2, -0.15) is 0 Å². The number of benzene rings is 1. The van der Waals surface area contributed by atoms with E-state index in [4.69, 9.17) is 9.47 Å². The zero-order chi connectivity index (χ0) is 24.6. The quantitative estimate of drug-likeness (QED) is 0.611. The van der Waals surface area contributed by atoms with E-state index in [9.17, 15) is 10.2 Å². The summed E-state index contributed by atoms with van der Waals surface area (Å²) in [7, 11) is 1.84. The third-order valence-electron chi connectivity index (χ3n) is 12.6. The minimum Gasteiger partial charge on any atom is -0.504 e. The topological polar surface area (TPSA) is 62.2 Å². The van der Waals surface area contributed by atoms with Gasteiger partial charge in [-0.15, -0.1) is 0 Å². The van der Waals surface area contributed by atoms with Crippen LogP contribution < -0.4 is 4.74 Å². The van der Waals surface area contributed by atoms with E-state index in [2.05, 4.69) is 38.7 Å². The van der Waals surface area contributed by atoms with Gasteiger partial charge in [0.05, 0.1) is 5.60 Å². The lowest BCUT2D eigenvalue weighted by Gasteiger charge is -2.75. The van der Waals surface area contributed by atoms with Crippen LogP contribution in [0.15, 0.2) is 12.1 Å². The van der Waals surface area contributed by atoms with Crippen molar-refractivity contribution in [2.45, 2.75) is 108 Å². The first-order valence-corrected chi connectivity index (χ1v) is 14.1. The van der Waals surface area contributed by atoms with Crippen LogP contribution in [-0.4, -0.2) is 58.7 Å². The highest BCUT2D eigenvalue weighted by molar-refractivity contribution is 5.63. The number of likely N-dealkylation sites (tertiary alicyclic amines) is 1. The van der Waals surface area contributed by atoms with E-state index in [0.29, 0.717) is 11.8 Å². The minimum absolute atomic E-state index is 0.0248. The van der Waals surface area contributed by atoms with Crippen molar-refractivity contribution in [3.8, 4) is 11.5 Å². The number of aliphatic hydroxyl groups is 1. The van der Waals surface area contributed by atoms with Gasteiger partial charge in [0.2, 0.25) is 0 Å². The Morgan fingerprint density at radius 1 is 1.17 bits per heavy atom. The zero-order valence-electron chi connectivity index (χ0n) is 22.2. The number of ether oxygens (including phenoxy) is 2. The maximum Gasteiger partial charge on any atom is 0.165 e. The second-order valence-corrected chi connectivity index (χ2v) is 13.8. The third kappa shape index (κ3) is 2.43. The van der Waals surface area contributed by atoms with Crippen molar-refractivity contribution in [2.75, 3.05) is 20.2 Å². The predicted molar refractivity (Wildman–Crippen MR) is 135 cm³/mol. The number of phenols is 1. The lowest BCUT2D eigenvalue weighted by molar-refractivity contribution is -0.313. The molecule has 1 aromatic carbocycles. The predicted octanol–water partition coefficient (Wildman–Crippen LogP) is 4.80. The van der Waals surface area contributed by atoms with Crippen LogP contribution in [0.2, 0.25) is 0 Å². The van der Waals surface area contributed by atoms with Crippen LogP contribution in [-0.2, 0) is 16.6 Å². The average molecular weight is 482 g/mol. The van der Waals surface area contributed by atoms with E-state index < -0.39 is 11.2 Å². The Hall–Kier alpha value is -1.30. The van der Waals surface area contributed by atoms with E-state index in [1.165, 1.54) is 30.5 Å². The van der Waals surface area contributed by atoms with Gasteiger partial charge in [0, 0.05) is 42.0 Å². The summed E-state index contributed by atoms with van der Waals surface area (Å²) in [4.78, 5) is 2.83. The minimum atomic E-state index is -0.900. The van der Waals surface area contributed by atoms with Gasteiger partial charge in [0.15, 0.2) is 11.5 Å². The summed E-state index contributed by atoms with van der Waals surface area (Å²) in [5.41, 5.74) is 0.836. The first-order chi connectivity index (χ1) is 16.6. The fraction of sp³-hybridized carbons (Fsp3) is 0.800. The molecule has 192 valence electrons. The van der Waals surface area contributed by atoms with E-state index in [1.807, 2.05) is 13.2 Å². The van der Waals surface area contributed by atoms with Gasteiger partial charge in [-0.3, -0.25) is 4.90 Å². The van der Waals surface area contributed by atoms with E-state index in [1.54, 1.807) is 0 Å². The first-order valence-electron chi connectivity index (χ1n) is 14.1. The van der Waals surface area contributed by atoms with Gasteiger partial charge in [0.1, 0.15) is 11.7 Å². The molecule has 5 nitrogen and oxygen atoms in total. The van der Waals surface area contributed by atoms with Gasteiger partial charge >= 0.3 is 0 Å². The Balaban J connectivity index is 1.46. The molecule has 0 radical (unpaired) electrons. The molecule has 35 heavy (non-hydrogen) atoms. The largest absolute Gasteiger partial charge is 0.504 e. The number of piperidine rings is 1. The highest BCUT2D eigenvalue weighted by atomic mass is 16.6. The summed E-state index contributed by atoms with van der Waals surface area (Å²) in [6, 6.07) is 4.47. The molecule has 4 bridgehead atoms. The molecule has 2 heterocycles. The summed E-state index contributed by atoms with van der Waals surface area (Å²) in [6.45, 7) is 11.0. The van der Waals surface area contributed by atoms with E-state index in [0.717, 1.165) is 51.0 Å². The van der Waals surface area contributed by atoms with Crippen molar-refractivity contribution in [1.29, 1.82) is 0 Å². The van der Waals surface area contributed by atoms with Crippen LogP contribution in [0.1, 0.15) is 83.8 Å². The van der Waals surface area contributed by atoms with Crippen LogP contribution in [0.5, 0.6) is 11.5 Å². The van der Waals surface area contributed by atoms with Crippen LogP contribution in [0.4, 0.5) is 0 Å². The van der Waals surface area contributed by atoms with E-state index >= 15 is 0 Å². The van der Waals surface area contributed by atoms with Crippen molar-refractivity contribution < 1.29 is 19.7 Å². The molecule has 1 saturated heterocycles. The summed E-state index contributed by atoms with van der Waals surface area (Å²) in [5.74, 6) is 1.81. The number of fused-ring (bicyclic) bond motifs is 2. The Bertz CT molecular complexity index is 1080. The third-order valence-corrected chi connectivity index (χ3v) is 12.6. The fourth-order valence-corrected chi connectivity index (χ4v) is 9.89. The monoisotopic (exact) mass is 481 g/mol. The number of hydrogen-bond acceptors (Lipinski definition) is 5. The Morgan fingerprint density at radius 2 is 1.94 bits per heavy atom. The number of aromatic hydroxyl groups is 1. The molecule has 2 spiro atoms. The number of methoxy groups -OCH3 is 1. The molecule has 5 fully saturated rings. The lowest BCUT2D eigenvalue weighted by Crippen LogP contribution is -2.83. The number of nitrogens with zero attached hydrogens (tertiary/aromatic N) is 1. The summed E-state index contributed by atoms with van der Waals surface area (Å²) < 4.78 is 13.5. The molecule has 0 amide bonds. The van der Waals surface area contributed by atoms with Crippen molar-refractivity contribution in [2.24, 2.45) is 22.7 Å². The summed E-state index contributed by atoms with van der Waals surface area (Å²) >= 11 is 0. The van der Waals surface area contributed by atoms with Gasteiger partial charge in [-0.1, -0.05) is 26.8 Å². The average Bonchev–Trinajstić information content (AvgIpc) is 3.58. The molecule has 5 heteroatoms. The van der Waals surface area contributed by atoms with Gasteiger partial charge in [0.25, 0.3) is 0 Å². The van der Waals surface area contributed by atoms with Gasteiger partial charge < -0.3 is 19.7 Å². The van der Waals surface area contributed by atoms with Gasteiger partial charge in [-0.25, -0.2) is 0 Å². The Morgan fingerprint density at radius 3 is 2.63 bits per heavy atom. The van der Waals surface area contributed by atoms with Gasteiger partial charge in [-0.05, 0) is 87.8 Å². The lowest BCUT2D eigenvalue weighted by atomic mass is 9.33. The van der Waals surface area contributed by atoms with Crippen LogP contribution in [0.3, 0.4) is 0 Å². The second kappa shape index (κ2) is 6.76. The molecular formula is C30H43NO4. The molecule has 3 unspecified atom stereocenters. The fourth-order valence-electron chi connectivity index (χ4n) is 9.89. The Kier molecular flexibility index (Phi) is 4.42. The smallest absolute Gasteiger partial charge is 0.165 e. The van der Waals surface area contributed by atoms with Crippen molar-refractivity contribution in [3.63, 3.8) is 0 Å². The second-order valence-electron chi connectivity index (χ2n) is 13.8. The molecule has 0 aromatic heterocycles. The molecule has 7 atom stereocenters. The first kappa shape index (κ1) is 22.9. The van der Waals surface area contributed by atoms with Crippen molar-refractivity contribution in [3.05, 3.63) is 23.3 Å². The summed E-state index contributed by atoms with van der Waals surface area (Å²) in [5, 5.41) is 23.4. The number of hydrogen-bond donors (Lipinski definition) is 2. The molecule has 7 aliphatic rings. The van der Waals surface area contributed by atoms with Crippen LogP contribution in [0, 0.1) is 22.7 Å². The van der Waals surface area contributed by atoms with Crippen molar-refractivity contribution in [1.82, 2.24) is 4.90 Å². The Labute approximate surface area is 210 Å². The molecule has 4 saturated carbocycles. The highest BCUT2D eigenvalue weighted by Gasteiger charge is 2.82. The molecule has 5 aliphatic carbocycles. The van der Waals surface area contributed by atoms with Crippen LogP contribution >= 0.6 is 0 Å². The molecule has 2 N–H and O–H groups in total. The number of phenolic OH excluding ortho intramolecular Hbond substituents is 1. The maximum absolute atomic E-state index is 12.4. The molecular weight excluding hydrogens is 438 g/mol. The van der Waals surface area contributed by atoms with E-state index in [-0.39, 0.29) is 34.0 Å². The highest BCUT2D eigenvalue weighted by Crippen LogP contribution is 2.78. The summed E-state index contributed by atoms with van der Waals surface area (Å²) in [6.07, 6.45) is 8.56. The zero-order valence-corrected chi connectivity index (χ0v) is 22.2. The number of rotatable bonds is 6. The maximum atomic E-state index is 12.4.